The van der Waals surface area contributed by atoms with Crippen molar-refractivity contribution in [3.8, 4) is 0 Å². The molecule has 1 aromatic heterocycles. The summed E-state index contributed by atoms with van der Waals surface area (Å²) in [5, 5.41) is 12.4. The second-order valence-electron chi connectivity index (χ2n) is 2.99. The van der Waals surface area contributed by atoms with Crippen LogP contribution in [0.4, 0.5) is 0 Å². The minimum absolute atomic E-state index is 0.335. The number of nitrogens with zero attached hydrogens (tertiary/aromatic N) is 1. The lowest BCUT2D eigenvalue weighted by molar-refractivity contribution is 0.0897. The lowest BCUT2D eigenvalue weighted by atomic mass is 10.1. The average Bonchev–Trinajstić information content (AvgIpc) is 2.50. The summed E-state index contributed by atoms with van der Waals surface area (Å²) in [6, 6.07) is 0. The van der Waals surface area contributed by atoms with Crippen LogP contribution in [0, 0.1) is 6.92 Å². The fourth-order valence-corrected chi connectivity index (χ4v) is 1.73. The van der Waals surface area contributed by atoms with E-state index in [1.165, 1.54) is 11.3 Å². The van der Waals surface area contributed by atoms with E-state index < -0.39 is 5.60 Å². The molecule has 0 aliphatic heterocycles. The van der Waals surface area contributed by atoms with Crippen LogP contribution in [0.1, 0.15) is 17.6 Å². The van der Waals surface area contributed by atoms with Crippen molar-refractivity contribution in [1.82, 2.24) is 10.4 Å². The van der Waals surface area contributed by atoms with Crippen LogP contribution in [0.15, 0.2) is 17.7 Å². The zero-order valence-corrected chi connectivity index (χ0v) is 8.48. The fourth-order valence-electron chi connectivity index (χ4n) is 0.847. The van der Waals surface area contributed by atoms with Crippen LogP contribution in [0.3, 0.4) is 0 Å². The standard InChI is InChI=1S/C8H13N3OS/c1-5-4-13-7(10-5)8(3,12)6(2)11-9/h4,11-12H,2,9H2,1,3H3. The maximum atomic E-state index is 9.97. The van der Waals surface area contributed by atoms with Crippen LogP contribution in [-0.2, 0) is 5.60 Å². The lowest BCUT2D eigenvalue weighted by Gasteiger charge is -2.22. The number of aryl methyl sites for hydroxylation is 1. The molecule has 1 heterocycles. The molecule has 0 aliphatic carbocycles. The molecule has 0 saturated heterocycles. The van der Waals surface area contributed by atoms with Crippen molar-refractivity contribution in [2.75, 3.05) is 0 Å². The highest BCUT2D eigenvalue weighted by molar-refractivity contribution is 7.09. The molecule has 1 rings (SSSR count). The molecular weight excluding hydrogens is 186 g/mol. The molecule has 0 radical (unpaired) electrons. The molecule has 4 N–H and O–H groups in total. The number of hydrogen-bond acceptors (Lipinski definition) is 5. The van der Waals surface area contributed by atoms with E-state index in [0.29, 0.717) is 10.7 Å². The molecule has 5 heteroatoms. The van der Waals surface area contributed by atoms with Gasteiger partial charge in [-0.25, -0.2) is 4.98 Å². The van der Waals surface area contributed by atoms with Gasteiger partial charge in [0, 0.05) is 11.1 Å². The van der Waals surface area contributed by atoms with Crippen LogP contribution in [-0.4, -0.2) is 10.1 Å². The van der Waals surface area contributed by atoms with Gasteiger partial charge < -0.3 is 10.5 Å². The average molecular weight is 199 g/mol. The van der Waals surface area contributed by atoms with E-state index in [2.05, 4.69) is 17.0 Å². The number of thiazole rings is 1. The molecule has 0 aromatic carbocycles. The first-order chi connectivity index (χ1) is 5.98. The van der Waals surface area contributed by atoms with Gasteiger partial charge >= 0.3 is 0 Å². The monoisotopic (exact) mass is 199 g/mol. The molecule has 0 spiro atoms. The zero-order valence-electron chi connectivity index (χ0n) is 7.66. The van der Waals surface area contributed by atoms with Crippen molar-refractivity contribution in [3.05, 3.63) is 28.4 Å². The van der Waals surface area contributed by atoms with Crippen molar-refractivity contribution in [3.63, 3.8) is 0 Å². The van der Waals surface area contributed by atoms with E-state index >= 15 is 0 Å². The molecule has 0 amide bonds. The quantitative estimate of drug-likeness (QED) is 0.493. The van der Waals surface area contributed by atoms with Crippen molar-refractivity contribution in [2.45, 2.75) is 19.4 Å². The molecule has 0 fully saturated rings. The van der Waals surface area contributed by atoms with Gasteiger partial charge in [-0.3, -0.25) is 5.84 Å². The van der Waals surface area contributed by atoms with E-state index in [-0.39, 0.29) is 0 Å². The van der Waals surface area contributed by atoms with E-state index in [1.54, 1.807) is 6.92 Å². The molecule has 4 nitrogen and oxygen atoms in total. The Morgan fingerprint density at radius 1 is 1.85 bits per heavy atom. The molecule has 72 valence electrons. The van der Waals surface area contributed by atoms with Crippen molar-refractivity contribution in [1.29, 1.82) is 0 Å². The smallest absolute Gasteiger partial charge is 0.153 e. The molecule has 0 bridgehead atoms. The summed E-state index contributed by atoms with van der Waals surface area (Å²) in [6.45, 7) is 7.09. The Hall–Kier alpha value is -0.910. The number of nitrogens with one attached hydrogen (secondary N) is 1. The predicted octanol–water partition coefficient (Wildman–Crippen LogP) is 0.636. The van der Waals surface area contributed by atoms with E-state index in [4.69, 9.17) is 5.84 Å². The second-order valence-corrected chi connectivity index (χ2v) is 3.85. The molecule has 0 saturated carbocycles. The Kier molecular flexibility index (Phi) is 2.70. The van der Waals surface area contributed by atoms with Crippen molar-refractivity contribution in [2.24, 2.45) is 5.84 Å². The Balaban J connectivity index is 2.99. The number of aromatic nitrogens is 1. The van der Waals surface area contributed by atoms with E-state index in [9.17, 15) is 5.11 Å². The largest absolute Gasteiger partial charge is 0.377 e. The second kappa shape index (κ2) is 3.45. The van der Waals surface area contributed by atoms with Crippen molar-refractivity contribution >= 4 is 11.3 Å². The molecule has 0 aliphatic rings. The molecule has 13 heavy (non-hydrogen) atoms. The first-order valence-electron chi connectivity index (χ1n) is 3.79. The summed E-state index contributed by atoms with van der Waals surface area (Å²) in [7, 11) is 0. The first-order valence-corrected chi connectivity index (χ1v) is 4.67. The third-order valence-electron chi connectivity index (χ3n) is 1.80. The van der Waals surface area contributed by atoms with Gasteiger partial charge in [-0.05, 0) is 13.8 Å². The van der Waals surface area contributed by atoms with Gasteiger partial charge in [0.05, 0.1) is 5.70 Å². The Morgan fingerprint density at radius 2 is 2.46 bits per heavy atom. The van der Waals surface area contributed by atoms with Crippen LogP contribution >= 0.6 is 11.3 Å². The highest BCUT2D eigenvalue weighted by Gasteiger charge is 2.29. The number of hydrogen-bond donors (Lipinski definition) is 3. The SMILES string of the molecule is C=C(NN)C(C)(O)c1nc(C)cs1. The summed E-state index contributed by atoms with van der Waals surface area (Å²) < 4.78 is 0. The summed E-state index contributed by atoms with van der Waals surface area (Å²) in [4.78, 5) is 4.16. The topological polar surface area (TPSA) is 71.2 Å². The summed E-state index contributed by atoms with van der Waals surface area (Å²) in [5.74, 6) is 5.17. The van der Waals surface area contributed by atoms with Gasteiger partial charge in [0.15, 0.2) is 5.60 Å². The Bertz CT molecular complexity index is 319. The predicted molar refractivity (Wildman–Crippen MR) is 52.9 cm³/mol. The lowest BCUT2D eigenvalue weighted by Crippen LogP contribution is -2.35. The zero-order chi connectivity index (χ0) is 10.1. The summed E-state index contributed by atoms with van der Waals surface area (Å²) in [5.41, 5.74) is 2.35. The van der Waals surface area contributed by atoms with E-state index in [1.807, 2.05) is 12.3 Å². The highest BCUT2D eigenvalue weighted by atomic mass is 32.1. The third-order valence-corrected chi connectivity index (χ3v) is 2.97. The Morgan fingerprint density at radius 3 is 2.85 bits per heavy atom. The normalized spacial score (nSPS) is 15.1. The van der Waals surface area contributed by atoms with Gasteiger partial charge in [-0.2, -0.15) is 0 Å². The number of nitrogens with two attached hydrogens (primary N) is 1. The Labute approximate surface area is 81.1 Å². The molecule has 1 unspecified atom stereocenters. The maximum Gasteiger partial charge on any atom is 0.153 e. The van der Waals surface area contributed by atoms with Gasteiger partial charge in [0.2, 0.25) is 0 Å². The minimum Gasteiger partial charge on any atom is -0.377 e. The maximum absolute atomic E-state index is 9.97. The van der Waals surface area contributed by atoms with Gasteiger partial charge in [0.1, 0.15) is 5.01 Å². The number of rotatable bonds is 3. The van der Waals surface area contributed by atoms with Gasteiger partial charge in [-0.1, -0.05) is 6.58 Å². The summed E-state index contributed by atoms with van der Waals surface area (Å²) in [6.07, 6.45) is 0. The van der Waals surface area contributed by atoms with Gasteiger partial charge in [-0.15, -0.1) is 11.3 Å². The summed E-state index contributed by atoms with van der Waals surface area (Å²) >= 11 is 1.38. The molecular formula is C8H13N3OS. The van der Waals surface area contributed by atoms with Crippen LogP contribution in [0.2, 0.25) is 0 Å². The van der Waals surface area contributed by atoms with Crippen LogP contribution in [0.25, 0.3) is 0 Å². The number of aliphatic hydroxyl groups is 1. The van der Waals surface area contributed by atoms with Gasteiger partial charge in [0.25, 0.3) is 0 Å². The van der Waals surface area contributed by atoms with Crippen molar-refractivity contribution < 1.29 is 5.11 Å². The van der Waals surface area contributed by atoms with Crippen LogP contribution in [0.5, 0.6) is 0 Å². The first kappa shape index (κ1) is 10.2. The third kappa shape index (κ3) is 1.88. The van der Waals surface area contributed by atoms with E-state index in [0.717, 1.165) is 5.69 Å². The molecule has 1 atom stereocenters. The number of hydrazine groups is 1. The van der Waals surface area contributed by atoms with Crippen LogP contribution < -0.4 is 11.3 Å². The fraction of sp³-hybridized carbons (Fsp3) is 0.375. The highest BCUT2D eigenvalue weighted by Crippen LogP contribution is 2.28. The minimum atomic E-state index is -1.20. The molecule has 1 aromatic rings.